The SMILES string of the molecule is CC(C)C[C@@H](N)C(=O)N[C@@H](CC(N)=O)C(=O)O. The van der Waals surface area contributed by atoms with Crippen LogP contribution in [0, 0.1) is 5.92 Å². The van der Waals surface area contributed by atoms with Gasteiger partial charge in [0.05, 0.1) is 12.5 Å². The van der Waals surface area contributed by atoms with Crippen molar-refractivity contribution in [3.05, 3.63) is 0 Å². The van der Waals surface area contributed by atoms with E-state index in [1.54, 1.807) is 0 Å². The third-order valence-electron chi connectivity index (χ3n) is 2.08. The van der Waals surface area contributed by atoms with Gasteiger partial charge in [0.1, 0.15) is 6.04 Å². The third-order valence-corrected chi connectivity index (χ3v) is 2.08. The maximum Gasteiger partial charge on any atom is 0.326 e. The van der Waals surface area contributed by atoms with Gasteiger partial charge in [0.25, 0.3) is 0 Å². The second kappa shape index (κ2) is 6.85. The van der Waals surface area contributed by atoms with Crippen molar-refractivity contribution in [1.29, 1.82) is 0 Å². The minimum atomic E-state index is -1.32. The minimum absolute atomic E-state index is 0.218. The van der Waals surface area contributed by atoms with E-state index in [-0.39, 0.29) is 5.92 Å². The first-order chi connectivity index (χ1) is 7.73. The van der Waals surface area contributed by atoms with Crippen molar-refractivity contribution in [2.75, 3.05) is 0 Å². The zero-order chi connectivity index (χ0) is 13.6. The first kappa shape index (κ1) is 15.4. The van der Waals surface area contributed by atoms with E-state index < -0.39 is 36.3 Å². The molecule has 0 fully saturated rings. The van der Waals surface area contributed by atoms with Gasteiger partial charge in [-0.1, -0.05) is 13.8 Å². The first-order valence-corrected chi connectivity index (χ1v) is 5.31. The molecule has 7 heteroatoms. The molecule has 0 heterocycles. The predicted molar refractivity (Wildman–Crippen MR) is 60.8 cm³/mol. The average Bonchev–Trinajstić information content (AvgIpc) is 2.14. The van der Waals surface area contributed by atoms with Crippen molar-refractivity contribution in [1.82, 2.24) is 5.32 Å². The molecule has 0 aromatic rings. The van der Waals surface area contributed by atoms with E-state index >= 15 is 0 Å². The summed E-state index contributed by atoms with van der Waals surface area (Å²) >= 11 is 0. The number of carbonyl (C=O) groups excluding carboxylic acids is 2. The van der Waals surface area contributed by atoms with E-state index in [1.165, 1.54) is 0 Å². The molecule has 7 nitrogen and oxygen atoms in total. The van der Waals surface area contributed by atoms with E-state index in [9.17, 15) is 14.4 Å². The summed E-state index contributed by atoms with van der Waals surface area (Å²) in [4.78, 5) is 32.9. The first-order valence-electron chi connectivity index (χ1n) is 5.31. The topological polar surface area (TPSA) is 136 Å². The van der Waals surface area contributed by atoms with Crippen LogP contribution in [-0.4, -0.2) is 35.0 Å². The lowest BCUT2D eigenvalue weighted by Crippen LogP contribution is -2.50. The number of aliphatic carboxylic acids is 1. The van der Waals surface area contributed by atoms with Gasteiger partial charge in [0.15, 0.2) is 0 Å². The van der Waals surface area contributed by atoms with Crippen LogP contribution in [0.15, 0.2) is 0 Å². The Morgan fingerprint density at radius 3 is 2.18 bits per heavy atom. The monoisotopic (exact) mass is 245 g/mol. The number of carboxylic acids is 1. The number of hydrogen-bond acceptors (Lipinski definition) is 4. The predicted octanol–water partition coefficient (Wildman–Crippen LogP) is -1.20. The molecule has 98 valence electrons. The molecule has 0 aromatic heterocycles. The van der Waals surface area contributed by atoms with Gasteiger partial charge in [0, 0.05) is 0 Å². The summed E-state index contributed by atoms with van der Waals surface area (Å²) in [5.41, 5.74) is 10.5. The molecule has 0 saturated carbocycles. The highest BCUT2D eigenvalue weighted by Crippen LogP contribution is 2.03. The quantitative estimate of drug-likeness (QED) is 0.447. The lowest BCUT2D eigenvalue weighted by Gasteiger charge is -2.17. The van der Waals surface area contributed by atoms with Crippen LogP contribution in [0.2, 0.25) is 0 Å². The van der Waals surface area contributed by atoms with E-state index in [0.717, 1.165) is 0 Å². The maximum atomic E-state index is 11.5. The Bertz CT molecular complexity index is 304. The molecule has 0 saturated heterocycles. The van der Waals surface area contributed by atoms with Crippen molar-refractivity contribution in [3.8, 4) is 0 Å². The third kappa shape index (κ3) is 6.52. The highest BCUT2D eigenvalue weighted by Gasteiger charge is 2.25. The molecule has 2 atom stereocenters. The maximum absolute atomic E-state index is 11.5. The van der Waals surface area contributed by atoms with Crippen LogP contribution in [0.4, 0.5) is 0 Å². The van der Waals surface area contributed by atoms with Gasteiger partial charge >= 0.3 is 5.97 Å². The summed E-state index contributed by atoms with van der Waals surface area (Å²) in [6.45, 7) is 3.79. The Morgan fingerprint density at radius 1 is 1.29 bits per heavy atom. The molecule has 17 heavy (non-hydrogen) atoms. The molecule has 0 aromatic carbocycles. The van der Waals surface area contributed by atoms with Crippen LogP contribution in [0.1, 0.15) is 26.7 Å². The number of hydrogen-bond donors (Lipinski definition) is 4. The highest BCUT2D eigenvalue weighted by atomic mass is 16.4. The van der Waals surface area contributed by atoms with E-state index in [1.807, 2.05) is 13.8 Å². The number of amides is 2. The fourth-order valence-corrected chi connectivity index (χ4v) is 1.29. The van der Waals surface area contributed by atoms with Crippen LogP contribution in [0.5, 0.6) is 0 Å². The molecule has 0 aliphatic heterocycles. The second-order valence-corrected chi connectivity index (χ2v) is 4.31. The number of rotatable bonds is 7. The minimum Gasteiger partial charge on any atom is -0.480 e. The van der Waals surface area contributed by atoms with Crippen molar-refractivity contribution in [2.45, 2.75) is 38.8 Å². The summed E-state index contributed by atoms with van der Waals surface area (Å²) in [7, 11) is 0. The lowest BCUT2D eigenvalue weighted by molar-refractivity contribution is -0.143. The summed E-state index contributed by atoms with van der Waals surface area (Å²) in [5.74, 6) is -2.48. The van der Waals surface area contributed by atoms with Crippen molar-refractivity contribution < 1.29 is 19.5 Å². The molecule has 6 N–H and O–H groups in total. The molecule has 0 bridgehead atoms. The van der Waals surface area contributed by atoms with Gasteiger partial charge in [-0.2, -0.15) is 0 Å². The smallest absolute Gasteiger partial charge is 0.326 e. The van der Waals surface area contributed by atoms with Gasteiger partial charge in [-0.15, -0.1) is 0 Å². The van der Waals surface area contributed by atoms with Gasteiger partial charge in [-0.25, -0.2) is 4.79 Å². The molecule has 0 spiro atoms. The highest BCUT2D eigenvalue weighted by molar-refractivity contribution is 5.89. The summed E-state index contributed by atoms with van der Waals surface area (Å²) < 4.78 is 0. The molecule has 2 amide bonds. The fourth-order valence-electron chi connectivity index (χ4n) is 1.29. The Hall–Kier alpha value is -1.63. The summed E-state index contributed by atoms with van der Waals surface area (Å²) in [6.07, 6.45) is -0.00971. The van der Waals surface area contributed by atoms with E-state index in [0.29, 0.717) is 6.42 Å². The molecule has 0 aliphatic rings. The Kier molecular flexibility index (Phi) is 6.19. The normalized spacial score (nSPS) is 14.1. The van der Waals surface area contributed by atoms with Crippen LogP contribution < -0.4 is 16.8 Å². The van der Waals surface area contributed by atoms with E-state index in [4.69, 9.17) is 16.6 Å². The standard InChI is InChI=1S/C10H19N3O4/c1-5(2)3-6(11)9(15)13-7(10(16)17)4-8(12)14/h5-7H,3-4,11H2,1-2H3,(H2,12,14)(H,13,15)(H,16,17)/t6-,7+/m1/s1. The molecular formula is C10H19N3O4. The second-order valence-electron chi connectivity index (χ2n) is 4.31. The Balaban J connectivity index is 4.39. The van der Waals surface area contributed by atoms with Crippen LogP contribution in [-0.2, 0) is 14.4 Å². The Labute approximate surface area is 99.5 Å². The van der Waals surface area contributed by atoms with E-state index in [2.05, 4.69) is 5.32 Å². The van der Waals surface area contributed by atoms with Gasteiger partial charge in [0.2, 0.25) is 11.8 Å². The summed E-state index contributed by atoms with van der Waals surface area (Å²) in [6, 6.07) is -2.11. The van der Waals surface area contributed by atoms with Crippen molar-refractivity contribution in [3.63, 3.8) is 0 Å². The van der Waals surface area contributed by atoms with Crippen molar-refractivity contribution in [2.24, 2.45) is 17.4 Å². The molecular weight excluding hydrogens is 226 g/mol. The van der Waals surface area contributed by atoms with Gasteiger partial charge in [-0.3, -0.25) is 9.59 Å². The number of carbonyl (C=O) groups is 3. The number of nitrogens with two attached hydrogens (primary N) is 2. The lowest BCUT2D eigenvalue weighted by atomic mass is 10.0. The van der Waals surface area contributed by atoms with Gasteiger partial charge in [-0.05, 0) is 12.3 Å². The largest absolute Gasteiger partial charge is 0.480 e. The molecule has 0 unspecified atom stereocenters. The molecule has 0 aliphatic carbocycles. The van der Waals surface area contributed by atoms with Crippen LogP contribution in [0.3, 0.4) is 0 Å². The molecule has 0 radical (unpaired) electrons. The number of primary amides is 1. The number of carboxylic acid groups (broad SMARTS) is 1. The average molecular weight is 245 g/mol. The van der Waals surface area contributed by atoms with Crippen molar-refractivity contribution >= 4 is 17.8 Å². The van der Waals surface area contributed by atoms with Crippen LogP contribution in [0.25, 0.3) is 0 Å². The molecule has 0 rings (SSSR count). The zero-order valence-electron chi connectivity index (χ0n) is 9.97. The van der Waals surface area contributed by atoms with Gasteiger partial charge < -0.3 is 21.9 Å². The van der Waals surface area contributed by atoms with Crippen LogP contribution >= 0.6 is 0 Å². The number of nitrogens with one attached hydrogen (secondary N) is 1. The fraction of sp³-hybridized carbons (Fsp3) is 0.700. The Morgan fingerprint density at radius 2 is 1.82 bits per heavy atom. The zero-order valence-corrected chi connectivity index (χ0v) is 9.97. The summed E-state index contributed by atoms with van der Waals surface area (Å²) in [5, 5.41) is 11.0.